The maximum absolute atomic E-state index is 6.92. The summed E-state index contributed by atoms with van der Waals surface area (Å²) < 4.78 is 7.98. The van der Waals surface area contributed by atoms with Gasteiger partial charge in [-0.2, -0.15) is 6.20 Å². The van der Waals surface area contributed by atoms with Gasteiger partial charge in [0.1, 0.15) is 11.5 Å². The Hall–Kier alpha value is -4.85. The fourth-order valence-corrected chi connectivity index (χ4v) is 10.8. The summed E-state index contributed by atoms with van der Waals surface area (Å²) in [5, 5.41) is 7.64. The Bertz CT molecular complexity index is 2120. The zero-order valence-corrected chi connectivity index (χ0v) is 33.5. The molecule has 0 N–H and O–H groups in total. The van der Waals surface area contributed by atoms with Crippen LogP contribution in [-0.4, -0.2) is 6.21 Å². The summed E-state index contributed by atoms with van der Waals surface area (Å²) in [6.45, 7) is 0. The maximum Gasteiger partial charge on any atom is 1.00 e. The molecule has 268 valence electrons. The van der Waals surface area contributed by atoms with Crippen molar-refractivity contribution >= 4 is 75.5 Å². The number of halogens is 1. The van der Waals surface area contributed by atoms with Crippen LogP contribution in [0.5, 0.6) is 11.5 Å². The SMILES string of the molecule is Brc1ccc(N=Cc2ccc[n-]2)cc1.[Cu+].c1ccc(P(c2ccccc2)c2ccccc2Oc2ccccc2P(c2ccccc2)c2ccccc2)cc1. The second-order valence-electron chi connectivity index (χ2n) is 11.8. The van der Waals surface area contributed by atoms with Crippen LogP contribution in [0.4, 0.5) is 5.69 Å². The number of rotatable bonds is 10. The molecule has 0 spiro atoms. The molecule has 0 aliphatic carbocycles. The number of aliphatic imine (C=N–C) groups is 1. The summed E-state index contributed by atoms with van der Waals surface area (Å²) in [6, 6.07) is 71.8. The summed E-state index contributed by atoms with van der Waals surface area (Å²) in [6.07, 6.45) is 3.51. The number of benzene rings is 7. The van der Waals surface area contributed by atoms with Crippen molar-refractivity contribution in [2.24, 2.45) is 4.99 Å². The van der Waals surface area contributed by atoms with Crippen molar-refractivity contribution in [3.8, 4) is 11.5 Å². The average molecular weight is 850 g/mol. The molecule has 3 nitrogen and oxygen atoms in total. The Morgan fingerprint density at radius 2 is 0.833 bits per heavy atom. The summed E-state index contributed by atoms with van der Waals surface area (Å²) in [5.74, 6) is 1.81. The summed E-state index contributed by atoms with van der Waals surface area (Å²) >= 11 is 3.37. The molecule has 0 saturated heterocycles. The normalized spacial score (nSPS) is 10.8. The zero-order chi connectivity index (χ0) is 36.1. The fraction of sp³-hybridized carbons (Fsp3) is 0. The topological polar surface area (TPSA) is 35.7 Å². The van der Waals surface area contributed by atoms with Crippen molar-refractivity contribution in [3.05, 3.63) is 223 Å². The number of aromatic nitrogens is 1. The molecule has 0 atom stereocenters. The Kier molecular flexibility index (Phi) is 14.4. The van der Waals surface area contributed by atoms with Gasteiger partial charge >= 0.3 is 17.1 Å². The van der Waals surface area contributed by atoms with E-state index in [1.54, 1.807) is 12.4 Å². The second-order valence-corrected chi connectivity index (χ2v) is 17.1. The van der Waals surface area contributed by atoms with Crippen LogP contribution < -0.4 is 41.5 Å². The van der Waals surface area contributed by atoms with Gasteiger partial charge in [-0.1, -0.05) is 186 Å². The molecular formula is C47H36BrCuN2OP2. The van der Waals surface area contributed by atoms with Gasteiger partial charge in [0.2, 0.25) is 0 Å². The van der Waals surface area contributed by atoms with Gasteiger partial charge < -0.3 is 9.72 Å². The van der Waals surface area contributed by atoms with Crippen molar-refractivity contribution in [2.75, 3.05) is 0 Å². The van der Waals surface area contributed by atoms with E-state index < -0.39 is 15.8 Å². The number of para-hydroxylation sites is 2. The molecular weight excluding hydrogens is 814 g/mol. The monoisotopic (exact) mass is 848 g/mol. The third-order valence-electron chi connectivity index (χ3n) is 8.24. The Morgan fingerprint density at radius 1 is 0.444 bits per heavy atom. The Balaban J connectivity index is 0.000000279. The first-order chi connectivity index (χ1) is 26.2. The standard InChI is InChI=1S/C36H28OP2.C11H8BrN2.Cu/c1-5-17-29(18-6-1)38(30-19-7-2-8-20-30)35-27-15-13-25-33(35)37-34-26-14-16-28-36(34)39(31-21-9-3-10-22-31)32-23-11-4-12-24-32;12-9-3-5-10(6-4-9)14-8-11-2-1-7-13-11;/h1-28H;1-8H;/q;-1;+1. The van der Waals surface area contributed by atoms with Gasteiger partial charge in [-0.05, 0) is 73.5 Å². The minimum Gasteiger partial charge on any atom is -0.663 e. The van der Waals surface area contributed by atoms with E-state index in [1.807, 2.05) is 36.4 Å². The number of nitrogens with zero attached hydrogens (tertiary/aromatic N) is 2. The molecule has 0 unspecified atom stereocenters. The molecule has 0 aliphatic rings. The van der Waals surface area contributed by atoms with Crippen LogP contribution in [0, 0.1) is 0 Å². The van der Waals surface area contributed by atoms with Gasteiger partial charge in [0.15, 0.2) is 0 Å². The molecule has 8 rings (SSSR count). The van der Waals surface area contributed by atoms with Crippen molar-refractivity contribution in [3.63, 3.8) is 0 Å². The summed E-state index contributed by atoms with van der Waals surface area (Å²) in [4.78, 5) is 8.37. The van der Waals surface area contributed by atoms with Crippen LogP contribution in [0.2, 0.25) is 0 Å². The largest absolute Gasteiger partial charge is 1.00 e. The van der Waals surface area contributed by atoms with E-state index in [9.17, 15) is 0 Å². The first kappa shape index (κ1) is 38.9. The van der Waals surface area contributed by atoms with E-state index >= 15 is 0 Å². The predicted octanol–water partition coefficient (Wildman–Crippen LogP) is 10.1. The molecule has 1 heterocycles. The van der Waals surface area contributed by atoms with Gasteiger partial charge in [-0.3, -0.25) is 4.99 Å². The summed E-state index contributed by atoms with van der Waals surface area (Å²) in [5.41, 5.74) is 1.81. The molecule has 0 saturated carbocycles. The van der Waals surface area contributed by atoms with E-state index in [1.165, 1.54) is 31.8 Å². The number of hydrogen-bond donors (Lipinski definition) is 0. The Labute approximate surface area is 339 Å². The quantitative estimate of drug-likeness (QED) is 0.0781. The smallest absolute Gasteiger partial charge is 0.663 e. The molecule has 7 heteroatoms. The van der Waals surface area contributed by atoms with Crippen LogP contribution >= 0.6 is 31.8 Å². The van der Waals surface area contributed by atoms with Crippen LogP contribution in [-0.2, 0) is 17.1 Å². The summed E-state index contributed by atoms with van der Waals surface area (Å²) in [7, 11) is -1.59. The molecule has 0 amide bonds. The first-order valence-corrected chi connectivity index (χ1v) is 20.7. The van der Waals surface area contributed by atoms with Crippen LogP contribution in [0.3, 0.4) is 0 Å². The van der Waals surface area contributed by atoms with Gasteiger partial charge in [-0.25, -0.2) is 0 Å². The Morgan fingerprint density at radius 3 is 1.22 bits per heavy atom. The number of ether oxygens (including phenoxy) is 1. The van der Waals surface area contributed by atoms with E-state index in [-0.39, 0.29) is 17.1 Å². The van der Waals surface area contributed by atoms with E-state index in [2.05, 4.69) is 196 Å². The number of hydrogen-bond acceptors (Lipinski definition) is 2. The maximum atomic E-state index is 6.92. The predicted molar refractivity (Wildman–Crippen MR) is 232 cm³/mol. The van der Waals surface area contributed by atoms with Gasteiger partial charge in [0.05, 0.1) is 5.69 Å². The third-order valence-corrected chi connectivity index (χ3v) is 13.7. The molecule has 54 heavy (non-hydrogen) atoms. The van der Waals surface area contributed by atoms with Crippen molar-refractivity contribution in [1.29, 1.82) is 0 Å². The van der Waals surface area contributed by atoms with Crippen molar-refractivity contribution in [1.82, 2.24) is 4.98 Å². The molecule has 1 aromatic heterocycles. The molecule has 7 aromatic carbocycles. The van der Waals surface area contributed by atoms with Crippen LogP contribution in [0.25, 0.3) is 0 Å². The molecule has 8 aromatic rings. The van der Waals surface area contributed by atoms with Gasteiger partial charge in [0, 0.05) is 21.3 Å². The minimum absolute atomic E-state index is 0. The molecule has 0 fully saturated rings. The third kappa shape index (κ3) is 10.2. The van der Waals surface area contributed by atoms with E-state index in [0.717, 1.165) is 27.4 Å². The second kappa shape index (κ2) is 20.0. The zero-order valence-electron chi connectivity index (χ0n) is 29.2. The van der Waals surface area contributed by atoms with E-state index in [4.69, 9.17) is 4.74 Å². The first-order valence-electron chi connectivity index (χ1n) is 17.3. The molecule has 0 radical (unpaired) electrons. The fourth-order valence-electron chi connectivity index (χ4n) is 5.80. The van der Waals surface area contributed by atoms with Crippen molar-refractivity contribution in [2.45, 2.75) is 0 Å². The van der Waals surface area contributed by atoms with Gasteiger partial charge in [0.25, 0.3) is 0 Å². The van der Waals surface area contributed by atoms with Gasteiger partial charge in [-0.15, -0.1) is 5.69 Å². The van der Waals surface area contributed by atoms with Crippen molar-refractivity contribution < 1.29 is 21.8 Å². The molecule has 0 aliphatic heterocycles. The van der Waals surface area contributed by atoms with Crippen LogP contribution in [0.15, 0.2) is 222 Å². The average Bonchev–Trinajstić information content (AvgIpc) is 3.75. The molecule has 0 bridgehead atoms. The van der Waals surface area contributed by atoms with E-state index in [0.29, 0.717) is 0 Å². The van der Waals surface area contributed by atoms with Crippen LogP contribution in [0.1, 0.15) is 5.69 Å². The minimum atomic E-state index is -0.795.